The van der Waals surface area contributed by atoms with E-state index in [1.54, 1.807) is 0 Å². The van der Waals surface area contributed by atoms with E-state index < -0.39 is 5.60 Å². The zero-order valence-corrected chi connectivity index (χ0v) is 13.2. The van der Waals surface area contributed by atoms with Gasteiger partial charge in [0.2, 0.25) is 0 Å². The summed E-state index contributed by atoms with van der Waals surface area (Å²) in [6, 6.07) is 0. The van der Waals surface area contributed by atoms with Gasteiger partial charge in [0, 0.05) is 11.1 Å². The summed E-state index contributed by atoms with van der Waals surface area (Å²) in [5, 5.41) is 3.19. The van der Waals surface area contributed by atoms with Crippen LogP contribution in [0, 0.1) is 17.8 Å². The number of ether oxygens (including phenoxy) is 1. The van der Waals surface area contributed by atoms with Crippen LogP contribution in [0.25, 0.3) is 0 Å². The molecule has 3 aliphatic rings. The van der Waals surface area contributed by atoms with E-state index in [0.717, 1.165) is 43.4 Å². The monoisotopic (exact) mass is 280 g/mol. The van der Waals surface area contributed by atoms with Crippen LogP contribution >= 0.6 is 0 Å². The maximum Gasteiger partial charge on any atom is 0.408 e. The molecule has 3 fully saturated rings. The fraction of sp³-hybridized carbons (Fsp3) is 0.938. The average Bonchev–Trinajstić information content (AvgIpc) is 2.40. The second kappa shape index (κ2) is 4.12. The predicted octanol–water partition coefficient (Wildman–Crippen LogP) is 2.81. The van der Waals surface area contributed by atoms with Crippen LogP contribution in [0.4, 0.5) is 4.79 Å². The lowest BCUT2D eigenvalue weighted by molar-refractivity contribution is 0.0411. The van der Waals surface area contributed by atoms with Crippen molar-refractivity contribution in [3.63, 3.8) is 0 Å². The Morgan fingerprint density at radius 3 is 2.55 bits per heavy atom. The van der Waals surface area contributed by atoms with E-state index in [0.29, 0.717) is 0 Å². The van der Waals surface area contributed by atoms with Crippen LogP contribution in [-0.4, -0.2) is 22.8 Å². The van der Waals surface area contributed by atoms with Crippen LogP contribution in [0.5, 0.6) is 0 Å². The van der Waals surface area contributed by atoms with Crippen LogP contribution in [0.2, 0.25) is 0 Å². The minimum Gasteiger partial charge on any atom is -0.444 e. The van der Waals surface area contributed by atoms with Crippen molar-refractivity contribution in [3.05, 3.63) is 0 Å². The van der Waals surface area contributed by atoms with E-state index >= 15 is 0 Å². The highest BCUT2D eigenvalue weighted by Gasteiger charge is 2.59. The Bertz CT molecular complexity index is 427. The maximum absolute atomic E-state index is 12.2. The van der Waals surface area contributed by atoms with E-state index in [2.05, 4.69) is 12.2 Å². The molecule has 3 aliphatic carbocycles. The van der Waals surface area contributed by atoms with Crippen molar-refractivity contribution in [1.82, 2.24) is 5.32 Å². The molecule has 0 saturated heterocycles. The SMILES string of the molecule is CC1(N)CC2CC3CC(NC(=O)OC(C)(C)C)(CC23)C1. The molecule has 0 aromatic rings. The van der Waals surface area contributed by atoms with Crippen molar-refractivity contribution in [2.75, 3.05) is 0 Å². The fourth-order valence-electron chi connectivity index (χ4n) is 5.02. The Labute approximate surface area is 121 Å². The Morgan fingerprint density at radius 2 is 1.90 bits per heavy atom. The molecule has 0 aliphatic heterocycles. The molecule has 2 bridgehead atoms. The van der Waals surface area contributed by atoms with Crippen molar-refractivity contribution in [2.45, 2.75) is 76.5 Å². The van der Waals surface area contributed by atoms with E-state index in [1.165, 1.54) is 6.42 Å². The molecule has 0 heterocycles. The molecule has 0 aromatic heterocycles. The van der Waals surface area contributed by atoms with E-state index in [9.17, 15) is 4.79 Å². The van der Waals surface area contributed by atoms with Gasteiger partial charge < -0.3 is 15.8 Å². The van der Waals surface area contributed by atoms with Gasteiger partial charge in [0.1, 0.15) is 5.60 Å². The largest absolute Gasteiger partial charge is 0.444 e. The Kier molecular flexibility index (Phi) is 2.92. The summed E-state index contributed by atoms with van der Waals surface area (Å²) in [6.07, 6.45) is 5.17. The molecule has 3 saturated carbocycles. The molecule has 5 unspecified atom stereocenters. The first-order valence-electron chi connectivity index (χ1n) is 7.88. The molecule has 20 heavy (non-hydrogen) atoms. The summed E-state index contributed by atoms with van der Waals surface area (Å²) in [5.74, 6) is 2.35. The number of nitrogens with one attached hydrogen (secondary N) is 1. The topological polar surface area (TPSA) is 64.3 Å². The van der Waals surface area contributed by atoms with Crippen LogP contribution < -0.4 is 11.1 Å². The third-order valence-corrected chi connectivity index (χ3v) is 5.33. The molecule has 3 rings (SSSR count). The summed E-state index contributed by atoms with van der Waals surface area (Å²) in [5.41, 5.74) is 5.73. The molecular formula is C16H28N2O2. The van der Waals surface area contributed by atoms with Gasteiger partial charge >= 0.3 is 6.09 Å². The molecule has 114 valence electrons. The second-order valence-electron chi connectivity index (χ2n) is 8.77. The van der Waals surface area contributed by atoms with Crippen LogP contribution in [0.15, 0.2) is 0 Å². The molecule has 5 atom stereocenters. The molecular weight excluding hydrogens is 252 g/mol. The third kappa shape index (κ3) is 2.54. The third-order valence-electron chi connectivity index (χ3n) is 5.33. The number of alkyl carbamates (subject to hydrolysis) is 1. The molecule has 4 nitrogen and oxygen atoms in total. The van der Waals surface area contributed by atoms with Crippen molar-refractivity contribution >= 4 is 6.09 Å². The smallest absolute Gasteiger partial charge is 0.408 e. The quantitative estimate of drug-likeness (QED) is 0.776. The molecule has 1 amide bonds. The maximum atomic E-state index is 12.2. The zero-order chi connectivity index (χ0) is 14.8. The Morgan fingerprint density at radius 1 is 1.25 bits per heavy atom. The van der Waals surface area contributed by atoms with Crippen LogP contribution in [0.1, 0.15) is 59.8 Å². The van der Waals surface area contributed by atoms with Gasteiger partial charge in [-0.1, -0.05) is 0 Å². The molecule has 0 radical (unpaired) electrons. The van der Waals surface area contributed by atoms with Crippen molar-refractivity contribution in [1.29, 1.82) is 0 Å². The molecule has 3 N–H and O–H groups in total. The average molecular weight is 280 g/mol. The highest BCUT2D eigenvalue weighted by molar-refractivity contribution is 5.69. The number of hydrogen-bond acceptors (Lipinski definition) is 3. The number of carbonyl (C=O) groups excluding carboxylic acids is 1. The summed E-state index contributed by atoms with van der Waals surface area (Å²) < 4.78 is 5.45. The summed E-state index contributed by atoms with van der Waals surface area (Å²) in [6.45, 7) is 7.84. The van der Waals surface area contributed by atoms with Crippen LogP contribution in [0.3, 0.4) is 0 Å². The predicted molar refractivity (Wildman–Crippen MR) is 78.2 cm³/mol. The molecule has 4 heteroatoms. The van der Waals surface area contributed by atoms with Gasteiger partial charge in [0.15, 0.2) is 0 Å². The lowest BCUT2D eigenvalue weighted by atomic mass is 9.62. The van der Waals surface area contributed by atoms with Crippen molar-refractivity contribution in [3.8, 4) is 0 Å². The highest BCUT2D eigenvalue weighted by atomic mass is 16.6. The zero-order valence-electron chi connectivity index (χ0n) is 13.2. The van der Waals surface area contributed by atoms with Crippen molar-refractivity contribution in [2.24, 2.45) is 23.5 Å². The number of fused-ring (bicyclic) bond motifs is 1. The summed E-state index contributed by atoms with van der Waals surface area (Å²) in [7, 11) is 0. The van der Waals surface area contributed by atoms with Gasteiger partial charge in [-0.3, -0.25) is 0 Å². The van der Waals surface area contributed by atoms with E-state index in [1.807, 2.05) is 20.8 Å². The van der Waals surface area contributed by atoms with Gasteiger partial charge in [-0.15, -0.1) is 0 Å². The van der Waals surface area contributed by atoms with Gasteiger partial charge in [0.05, 0.1) is 0 Å². The molecule has 0 aromatic carbocycles. The number of rotatable bonds is 1. The van der Waals surface area contributed by atoms with Crippen LogP contribution in [-0.2, 0) is 4.74 Å². The van der Waals surface area contributed by atoms with Gasteiger partial charge in [0.25, 0.3) is 0 Å². The lowest BCUT2D eigenvalue weighted by Crippen LogP contribution is -2.55. The van der Waals surface area contributed by atoms with Gasteiger partial charge in [-0.25, -0.2) is 4.79 Å². The Balaban J connectivity index is 1.75. The van der Waals surface area contributed by atoms with E-state index in [-0.39, 0.29) is 17.2 Å². The molecule has 0 spiro atoms. The minimum absolute atomic E-state index is 0.133. The number of amides is 1. The van der Waals surface area contributed by atoms with Gasteiger partial charge in [-0.2, -0.15) is 0 Å². The first kappa shape index (κ1) is 14.2. The minimum atomic E-state index is -0.447. The second-order valence-corrected chi connectivity index (χ2v) is 8.77. The van der Waals surface area contributed by atoms with E-state index in [4.69, 9.17) is 10.5 Å². The number of nitrogens with two attached hydrogens (primary N) is 1. The first-order valence-corrected chi connectivity index (χ1v) is 7.88. The summed E-state index contributed by atoms with van der Waals surface area (Å²) in [4.78, 5) is 12.2. The summed E-state index contributed by atoms with van der Waals surface area (Å²) >= 11 is 0. The van der Waals surface area contributed by atoms with Crippen molar-refractivity contribution < 1.29 is 9.53 Å². The first-order chi connectivity index (χ1) is 9.08. The highest BCUT2D eigenvalue weighted by Crippen LogP contribution is 2.61. The fourth-order valence-corrected chi connectivity index (χ4v) is 5.02. The number of carbonyl (C=O) groups is 1. The Hall–Kier alpha value is -0.770. The lowest BCUT2D eigenvalue weighted by Gasteiger charge is -2.45. The number of hydrogen-bond donors (Lipinski definition) is 2. The normalized spacial score (nSPS) is 46.4. The standard InChI is InChI=1S/C16H28N2O2/c1-14(2,3)20-13(19)18-16-7-11-5-10(12(11)8-16)6-15(4,17)9-16/h10-12H,5-9,17H2,1-4H3,(H,18,19). The van der Waals surface area contributed by atoms with Gasteiger partial charge in [-0.05, 0) is 77.6 Å².